The Labute approximate surface area is 175 Å². The number of nitrogens with one attached hydrogen (secondary N) is 1. The number of nitrogens with zero attached hydrogens (tertiary/aromatic N) is 5. The van der Waals surface area contributed by atoms with Crippen LogP contribution in [0.1, 0.15) is 10.5 Å². The van der Waals surface area contributed by atoms with E-state index in [4.69, 9.17) is 0 Å². The molecular formula is C20H18N6O3S. The number of aromatic nitrogens is 5. The first-order valence-corrected chi connectivity index (χ1v) is 10.1. The van der Waals surface area contributed by atoms with E-state index >= 15 is 0 Å². The van der Waals surface area contributed by atoms with Crippen molar-refractivity contribution in [2.45, 2.75) is 11.7 Å². The second-order valence-electron chi connectivity index (χ2n) is 6.51. The molecule has 0 radical (unpaired) electrons. The van der Waals surface area contributed by atoms with Crippen LogP contribution in [0.3, 0.4) is 0 Å². The van der Waals surface area contributed by atoms with Gasteiger partial charge in [-0.05, 0) is 24.3 Å². The quantitative estimate of drug-likeness (QED) is 0.374. The molecule has 0 fully saturated rings. The van der Waals surface area contributed by atoms with Crippen molar-refractivity contribution < 1.29 is 9.59 Å². The SMILES string of the molecule is C=CCn1c(=O)c2ccccc2n2c(SCC(=O)NC(=O)c3cccn3C)nnc12. The second kappa shape index (κ2) is 7.99. The standard InChI is InChI=1S/C20H18N6O3S/c1-3-10-25-18(29)13-7-4-5-8-14(13)26-19(25)22-23-20(26)30-12-16(27)21-17(28)15-9-6-11-24(15)2/h3-9,11H,1,10,12H2,2H3,(H,21,27,28). The topological polar surface area (TPSA) is 103 Å². The molecule has 0 bridgehead atoms. The molecule has 1 N–H and O–H groups in total. The highest BCUT2D eigenvalue weighted by atomic mass is 32.2. The number of benzene rings is 1. The molecule has 3 heterocycles. The van der Waals surface area contributed by atoms with Gasteiger partial charge in [-0.1, -0.05) is 30.0 Å². The Morgan fingerprint density at radius 3 is 2.73 bits per heavy atom. The first-order valence-electron chi connectivity index (χ1n) is 9.07. The van der Waals surface area contributed by atoms with Gasteiger partial charge in [-0.3, -0.25) is 28.7 Å². The van der Waals surface area contributed by atoms with Crippen molar-refractivity contribution in [1.82, 2.24) is 29.0 Å². The van der Waals surface area contributed by atoms with Gasteiger partial charge in [0.2, 0.25) is 11.7 Å². The third-order valence-electron chi connectivity index (χ3n) is 4.55. The summed E-state index contributed by atoms with van der Waals surface area (Å²) in [4.78, 5) is 37.3. The summed E-state index contributed by atoms with van der Waals surface area (Å²) in [5.74, 6) is -0.594. The average Bonchev–Trinajstić information content (AvgIpc) is 3.36. The maximum atomic E-state index is 12.8. The minimum Gasteiger partial charge on any atom is -0.347 e. The van der Waals surface area contributed by atoms with E-state index in [1.165, 1.54) is 4.57 Å². The molecular weight excluding hydrogens is 404 g/mol. The van der Waals surface area contributed by atoms with E-state index < -0.39 is 11.8 Å². The van der Waals surface area contributed by atoms with E-state index in [1.807, 2.05) is 6.07 Å². The van der Waals surface area contributed by atoms with Gasteiger partial charge in [-0.25, -0.2) is 0 Å². The summed E-state index contributed by atoms with van der Waals surface area (Å²) in [6.07, 6.45) is 3.34. The first-order chi connectivity index (χ1) is 14.5. The first kappa shape index (κ1) is 19.6. The molecule has 4 aromatic rings. The zero-order valence-electron chi connectivity index (χ0n) is 16.1. The third-order valence-corrected chi connectivity index (χ3v) is 5.48. The normalized spacial score (nSPS) is 11.1. The summed E-state index contributed by atoms with van der Waals surface area (Å²) in [5, 5.41) is 11.6. The van der Waals surface area contributed by atoms with Crippen molar-refractivity contribution in [1.29, 1.82) is 0 Å². The van der Waals surface area contributed by atoms with E-state index in [-0.39, 0.29) is 17.9 Å². The number of thioether (sulfide) groups is 1. The fraction of sp³-hybridized carbons (Fsp3) is 0.150. The van der Waals surface area contributed by atoms with E-state index in [1.54, 1.807) is 58.6 Å². The summed E-state index contributed by atoms with van der Waals surface area (Å²) < 4.78 is 4.84. The van der Waals surface area contributed by atoms with E-state index in [0.717, 1.165) is 11.8 Å². The number of para-hydroxylation sites is 1. The van der Waals surface area contributed by atoms with Crippen molar-refractivity contribution in [2.75, 3.05) is 5.75 Å². The van der Waals surface area contributed by atoms with Crippen molar-refractivity contribution in [3.63, 3.8) is 0 Å². The molecule has 0 spiro atoms. The predicted molar refractivity (Wildman–Crippen MR) is 114 cm³/mol. The molecule has 0 unspecified atom stereocenters. The number of aryl methyl sites for hydroxylation is 1. The molecule has 0 saturated heterocycles. The number of imide groups is 1. The monoisotopic (exact) mass is 422 g/mol. The van der Waals surface area contributed by atoms with Crippen LogP contribution in [0.2, 0.25) is 0 Å². The molecule has 0 aliphatic rings. The molecule has 152 valence electrons. The van der Waals surface area contributed by atoms with Gasteiger partial charge < -0.3 is 4.57 Å². The third kappa shape index (κ3) is 3.41. The average molecular weight is 422 g/mol. The summed E-state index contributed by atoms with van der Waals surface area (Å²) in [6, 6.07) is 10.5. The van der Waals surface area contributed by atoms with Crippen LogP contribution >= 0.6 is 11.8 Å². The summed E-state index contributed by atoms with van der Waals surface area (Å²) >= 11 is 1.13. The lowest BCUT2D eigenvalue weighted by Crippen LogP contribution is -2.33. The number of allylic oxidation sites excluding steroid dienone is 1. The van der Waals surface area contributed by atoms with E-state index in [0.29, 0.717) is 27.5 Å². The Hall–Kier alpha value is -3.66. The fourth-order valence-electron chi connectivity index (χ4n) is 3.17. The summed E-state index contributed by atoms with van der Waals surface area (Å²) in [7, 11) is 1.73. The lowest BCUT2D eigenvalue weighted by Gasteiger charge is -2.09. The maximum Gasteiger partial charge on any atom is 0.274 e. The number of carbonyl (C=O) groups is 2. The summed E-state index contributed by atoms with van der Waals surface area (Å²) in [5.41, 5.74) is 0.846. The zero-order valence-corrected chi connectivity index (χ0v) is 16.9. The molecule has 0 saturated carbocycles. The van der Waals surface area contributed by atoms with Gasteiger partial charge in [-0.15, -0.1) is 16.8 Å². The maximum absolute atomic E-state index is 12.8. The molecule has 3 aromatic heterocycles. The Balaban J connectivity index is 1.63. The molecule has 10 heteroatoms. The Bertz CT molecular complexity index is 1350. The van der Waals surface area contributed by atoms with Crippen LogP contribution in [-0.4, -0.2) is 41.3 Å². The number of hydrogen-bond acceptors (Lipinski definition) is 6. The van der Waals surface area contributed by atoms with Gasteiger partial charge in [0, 0.05) is 19.8 Å². The van der Waals surface area contributed by atoms with Gasteiger partial charge in [0.25, 0.3) is 11.5 Å². The highest BCUT2D eigenvalue weighted by Crippen LogP contribution is 2.21. The lowest BCUT2D eigenvalue weighted by atomic mass is 10.2. The smallest absolute Gasteiger partial charge is 0.274 e. The van der Waals surface area contributed by atoms with Crippen LogP contribution in [0, 0.1) is 0 Å². The molecule has 30 heavy (non-hydrogen) atoms. The van der Waals surface area contributed by atoms with E-state index in [2.05, 4.69) is 22.1 Å². The molecule has 0 aliphatic carbocycles. The predicted octanol–water partition coefficient (Wildman–Crippen LogP) is 1.62. The summed E-state index contributed by atoms with van der Waals surface area (Å²) in [6.45, 7) is 3.98. The largest absolute Gasteiger partial charge is 0.347 e. The van der Waals surface area contributed by atoms with Crippen LogP contribution < -0.4 is 10.9 Å². The van der Waals surface area contributed by atoms with Crippen LogP contribution in [0.5, 0.6) is 0 Å². The van der Waals surface area contributed by atoms with E-state index in [9.17, 15) is 14.4 Å². The Morgan fingerprint density at radius 2 is 2.00 bits per heavy atom. The fourth-order valence-corrected chi connectivity index (χ4v) is 3.91. The van der Waals surface area contributed by atoms with Gasteiger partial charge in [0.1, 0.15) is 5.69 Å². The van der Waals surface area contributed by atoms with Crippen molar-refractivity contribution in [2.24, 2.45) is 7.05 Å². The number of carbonyl (C=O) groups excluding carboxylic acids is 2. The Kier molecular flexibility index (Phi) is 5.23. The lowest BCUT2D eigenvalue weighted by molar-refractivity contribution is -0.117. The molecule has 4 rings (SSSR count). The van der Waals surface area contributed by atoms with Crippen LogP contribution in [-0.2, 0) is 18.4 Å². The number of hydrogen-bond donors (Lipinski definition) is 1. The molecule has 0 aliphatic heterocycles. The molecule has 0 atom stereocenters. The molecule has 1 aromatic carbocycles. The van der Waals surface area contributed by atoms with Gasteiger partial charge >= 0.3 is 0 Å². The zero-order chi connectivity index (χ0) is 21.3. The highest BCUT2D eigenvalue weighted by Gasteiger charge is 2.18. The highest BCUT2D eigenvalue weighted by molar-refractivity contribution is 7.99. The minimum atomic E-state index is -0.468. The van der Waals surface area contributed by atoms with Crippen molar-refractivity contribution >= 4 is 40.3 Å². The number of fused-ring (bicyclic) bond motifs is 3. The number of amides is 2. The molecule has 2 amide bonds. The Morgan fingerprint density at radius 1 is 1.20 bits per heavy atom. The number of rotatable bonds is 6. The van der Waals surface area contributed by atoms with Gasteiger partial charge in [-0.2, -0.15) is 0 Å². The van der Waals surface area contributed by atoms with Crippen LogP contribution in [0.4, 0.5) is 0 Å². The minimum absolute atomic E-state index is 0.0358. The molecule has 9 nitrogen and oxygen atoms in total. The van der Waals surface area contributed by atoms with Crippen LogP contribution in [0.25, 0.3) is 16.7 Å². The van der Waals surface area contributed by atoms with Crippen LogP contribution in [0.15, 0.2) is 65.2 Å². The van der Waals surface area contributed by atoms with Gasteiger partial charge in [0.05, 0.1) is 16.7 Å². The van der Waals surface area contributed by atoms with Gasteiger partial charge in [0.15, 0.2) is 5.16 Å². The second-order valence-corrected chi connectivity index (χ2v) is 7.45. The van der Waals surface area contributed by atoms with Crippen molar-refractivity contribution in [3.8, 4) is 0 Å². The van der Waals surface area contributed by atoms with Crippen molar-refractivity contribution in [3.05, 3.63) is 71.3 Å².